The first-order chi connectivity index (χ1) is 6.72. The van der Waals surface area contributed by atoms with E-state index in [1.54, 1.807) is 0 Å². The highest BCUT2D eigenvalue weighted by Crippen LogP contribution is 2.29. The quantitative estimate of drug-likeness (QED) is 0.600. The molecular formula is C12H26N2. The van der Waals surface area contributed by atoms with Gasteiger partial charge in [0, 0.05) is 13.1 Å². The predicted octanol–water partition coefficient (Wildman–Crippen LogP) is 1.96. The molecule has 1 fully saturated rings. The van der Waals surface area contributed by atoms with Crippen LogP contribution in [0.2, 0.25) is 0 Å². The van der Waals surface area contributed by atoms with Gasteiger partial charge in [0.1, 0.15) is 0 Å². The van der Waals surface area contributed by atoms with E-state index in [2.05, 4.69) is 31.1 Å². The molecule has 1 unspecified atom stereocenters. The normalized spacial score (nSPS) is 18.9. The number of hydrogen-bond acceptors (Lipinski definition) is 2. The molecule has 0 radical (unpaired) electrons. The van der Waals surface area contributed by atoms with Crippen molar-refractivity contribution in [1.82, 2.24) is 10.2 Å². The molecule has 0 amide bonds. The molecule has 1 aliphatic rings. The Bertz CT molecular complexity index is 143. The summed E-state index contributed by atoms with van der Waals surface area (Å²) < 4.78 is 0. The Balaban J connectivity index is 1.96. The Morgan fingerprint density at radius 3 is 2.71 bits per heavy atom. The number of rotatable bonds is 8. The fourth-order valence-electron chi connectivity index (χ4n) is 1.94. The zero-order valence-corrected chi connectivity index (χ0v) is 10.1. The van der Waals surface area contributed by atoms with Crippen LogP contribution in [-0.4, -0.2) is 38.1 Å². The largest absolute Gasteiger partial charge is 0.316 e. The van der Waals surface area contributed by atoms with Crippen molar-refractivity contribution >= 4 is 0 Å². The van der Waals surface area contributed by atoms with Crippen LogP contribution in [0.25, 0.3) is 0 Å². The van der Waals surface area contributed by atoms with Crippen molar-refractivity contribution in [3.05, 3.63) is 0 Å². The SMILES string of the molecule is CCCNCC(C)CN(C)CC1CC1. The molecule has 0 heterocycles. The first-order valence-electron chi connectivity index (χ1n) is 6.11. The Kier molecular flexibility index (Phi) is 5.49. The Morgan fingerprint density at radius 1 is 1.43 bits per heavy atom. The molecule has 14 heavy (non-hydrogen) atoms. The minimum Gasteiger partial charge on any atom is -0.316 e. The second kappa shape index (κ2) is 6.41. The Labute approximate surface area is 89.1 Å². The molecule has 0 bridgehead atoms. The Morgan fingerprint density at radius 2 is 2.14 bits per heavy atom. The van der Waals surface area contributed by atoms with Crippen LogP contribution >= 0.6 is 0 Å². The smallest absolute Gasteiger partial charge is 0.00162 e. The molecule has 0 spiro atoms. The van der Waals surface area contributed by atoms with Crippen LogP contribution in [-0.2, 0) is 0 Å². The molecular weight excluding hydrogens is 172 g/mol. The van der Waals surface area contributed by atoms with Gasteiger partial charge in [0.25, 0.3) is 0 Å². The van der Waals surface area contributed by atoms with Crippen LogP contribution in [0.1, 0.15) is 33.1 Å². The van der Waals surface area contributed by atoms with Gasteiger partial charge in [0.05, 0.1) is 0 Å². The monoisotopic (exact) mass is 198 g/mol. The van der Waals surface area contributed by atoms with E-state index in [-0.39, 0.29) is 0 Å². The third-order valence-corrected chi connectivity index (χ3v) is 2.81. The van der Waals surface area contributed by atoms with Gasteiger partial charge in [-0.1, -0.05) is 13.8 Å². The van der Waals surface area contributed by atoms with Crippen molar-refractivity contribution in [2.45, 2.75) is 33.1 Å². The maximum Gasteiger partial charge on any atom is 0.00162 e. The van der Waals surface area contributed by atoms with Crippen molar-refractivity contribution in [1.29, 1.82) is 0 Å². The summed E-state index contributed by atoms with van der Waals surface area (Å²) in [5.41, 5.74) is 0. The standard InChI is InChI=1S/C12H26N2/c1-4-7-13-8-11(2)9-14(3)10-12-5-6-12/h11-13H,4-10H2,1-3H3. The lowest BCUT2D eigenvalue weighted by Crippen LogP contribution is -2.32. The molecule has 2 nitrogen and oxygen atoms in total. The molecule has 0 aliphatic heterocycles. The first kappa shape index (κ1) is 12.0. The average Bonchev–Trinajstić information content (AvgIpc) is 2.88. The lowest BCUT2D eigenvalue weighted by Gasteiger charge is -2.21. The van der Waals surface area contributed by atoms with Crippen molar-refractivity contribution in [3.63, 3.8) is 0 Å². The fourth-order valence-corrected chi connectivity index (χ4v) is 1.94. The van der Waals surface area contributed by atoms with Crippen LogP contribution in [0.3, 0.4) is 0 Å². The Hall–Kier alpha value is -0.0800. The third-order valence-electron chi connectivity index (χ3n) is 2.81. The molecule has 1 saturated carbocycles. The highest BCUT2D eigenvalue weighted by molar-refractivity contribution is 4.76. The van der Waals surface area contributed by atoms with Gasteiger partial charge in [-0.25, -0.2) is 0 Å². The van der Waals surface area contributed by atoms with Crippen LogP contribution in [0.15, 0.2) is 0 Å². The third kappa shape index (κ3) is 5.61. The zero-order chi connectivity index (χ0) is 10.4. The molecule has 1 atom stereocenters. The van der Waals surface area contributed by atoms with Gasteiger partial charge in [-0.15, -0.1) is 0 Å². The second-order valence-electron chi connectivity index (χ2n) is 4.97. The van der Waals surface area contributed by atoms with Gasteiger partial charge in [-0.3, -0.25) is 0 Å². The lowest BCUT2D eigenvalue weighted by molar-refractivity contribution is 0.271. The fraction of sp³-hybridized carbons (Fsp3) is 1.00. The molecule has 84 valence electrons. The van der Waals surface area contributed by atoms with Gasteiger partial charge in [0.2, 0.25) is 0 Å². The van der Waals surface area contributed by atoms with Gasteiger partial charge < -0.3 is 10.2 Å². The molecule has 2 heteroatoms. The van der Waals surface area contributed by atoms with E-state index in [0.717, 1.165) is 18.4 Å². The van der Waals surface area contributed by atoms with Crippen molar-refractivity contribution in [2.75, 3.05) is 33.2 Å². The molecule has 1 N–H and O–H groups in total. The minimum absolute atomic E-state index is 0.783. The van der Waals surface area contributed by atoms with Gasteiger partial charge >= 0.3 is 0 Å². The summed E-state index contributed by atoms with van der Waals surface area (Å²) in [6.45, 7) is 9.45. The van der Waals surface area contributed by atoms with E-state index in [4.69, 9.17) is 0 Å². The molecule has 0 aromatic heterocycles. The molecule has 1 aliphatic carbocycles. The minimum atomic E-state index is 0.783. The van der Waals surface area contributed by atoms with Crippen LogP contribution in [0, 0.1) is 11.8 Å². The average molecular weight is 198 g/mol. The summed E-state index contributed by atoms with van der Waals surface area (Å²) in [4.78, 5) is 2.50. The van der Waals surface area contributed by atoms with Crippen molar-refractivity contribution in [3.8, 4) is 0 Å². The van der Waals surface area contributed by atoms with E-state index >= 15 is 0 Å². The number of nitrogens with zero attached hydrogens (tertiary/aromatic N) is 1. The molecule has 0 saturated heterocycles. The van der Waals surface area contributed by atoms with Crippen LogP contribution in [0.5, 0.6) is 0 Å². The van der Waals surface area contributed by atoms with Gasteiger partial charge in [-0.2, -0.15) is 0 Å². The zero-order valence-electron chi connectivity index (χ0n) is 10.1. The summed E-state index contributed by atoms with van der Waals surface area (Å²) in [7, 11) is 2.26. The summed E-state index contributed by atoms with van der Waals surface area (Å²) >= 11 is 0. The van der Waals surface area contributed by atoms with Gasteiger partial charge in [0.15, 0.2) is 0 Å². The van der Waals surface area contributed by atoms with E-state index < -0.39 is 0 Å². The summed E-state index contributed by atoms with van der Waals surface area (Å²) in [5.74, 6) is 1.81. The molecule has 0 aromatic rings. The molecule has 1 rings (SSSR count). The summed E-state index contributed by atoms with van der Waals surface area (Å²) in [5, 5.41) is 3.48. The number of hydrogen-bond donors (Lipinski definition) is 1. The second-order valence-corrected chi connectivity index (χ2v) is 4.97. The van der Waals surface area contributed by atoms with Crippen LogP contribution in [0.4, 0.5) is 0 Å². The predicted molar refractivity (Wildman–Crippen MR) is 62.5 cm³/mol. The summed E-state index contributed by atoms with van der Waals surface area (Å²) in [6.07, 6.45) is 4.17. The highest BCUT2D eigenvalue weighted by Gasteiger charge is 2.23. The highest BCUT2D eigenvalue weighted by atomic mass is 15.1. The van der Waals surface area contributed by atoms with Crippen molar-refractivity contribution < 1.29 is 0 Å². The lowest BCUT2D eigenvalue weighted by atomic mass is 10.1. The summed E-state index contributed by atoms with van der Waals surface area (Å²) in [6, 6.07) is 0. The van der Waals surface area contributed by atoms with E-state index in [9.17, 15) is 0 Å². The number of nitrogens with one attached hydrogen (secondary N) is 1. The topological polar surface area (TPSA) is 15.3 Å². The van der Waals surface area contributed by atoms with Gasteiger partial charge in [-0.05, 0) is 51.2 Å². The maximum atomic E-state index is 3.48. The molecule has 0 aromatic carbocycles. The van der Waals surface area contributed by atoms with E-state index in [0.29, 0.717) is 0 Å². The van der Waals surface area contributed by atoms with Crippen LogP contribution < -0.4 is 5.32 Å². The van der Waals surface area contributed by atoms with E-state index in [1.807, 2.05) is 0 Å². The first-order valence-corrected chi connectivity index (χ1v) is 6.11. The van der Waals surface area contributed by atoms with E-state index in [1.165, 1.54) is 38.9 Å². The maximum absolute atomic E-state index is 3.48. The van der Waals surface area contributed by atoms with Crippen molar-refractivity contribution in [2.24, 2.45) is 11.8 Å².